The molecule has 5 rings (SSSR count). The van der Waals surface area contributed by atoms with E-state index in [1.165, 1.54) is 10.6 Å². The SMILES string of the molecule is NCCc1cnc2nc(C(=O)N3C[C@H]4C[C@@H](c5ccccc5C(F)(F)F)C[C@H]4C3)nn2c1. The number of hydrogen-bond acceptors (Lipinski definition) is 5. The van der Waals surface area contributed by atoms with Crippen molar-refractivity contribution in [1.29, 1.82) is 0 Å². The largest absolute Gasteiger partial charge is 0.416 e. The monoisotopic (exact) mass is 444 g/mol. The summed E-state index contributed by atoms with van der Waals surface area (Å²) >= 11 is 0. The first-order valence-electron chi connectivity index (χ1n) is 10.7. The average molecular weight is 444 g/mol. The van der Waals surface area contributed by atoms with Crippen molar-refractivity contribution in [3.63, 3.8) is 0 Å². The summed E-state index contributed by atoms with van der Waals surface area (Å²) < 4.78 is 41.8. The highest BCUT2D eigenvalue weighted by molar-refractivity contribution is 5.91. The maximum atomic E-state index is 13.4. The van der Waals surface area contributed by atoms with Crippen molar-refractivity contribution in [3.8, 4) is 0 Å². The molecule has 2 N–H and O–H groups in total. The molecule has 3 aromatic rings. The first-order chi connectivity index (χ1) is 15.3. The third-order valence-electron chi connectivity index (χ3n) is 6.62. The second-order valence-electron chi connectivity index (χ2n) is 8.66. The number of rotatable bonds is 4. The Hall–Kier alpha value is -3.01. The number of nitrogens with zero attached hydrogens (tertiary/aromatic N) is 5. The molecule has 3 heterocycles. The minimum Gasteiger partial charge on any atom is -0.335 e. The Morgan fingerprint density at radius 2 is 1.88 bits per heavy atom. The Morgan fingerprint density at radius 1 is 1.16 bits per heavy atom. The van der Waals surface area contributed by atoms with Crippen molar-refractivity contribution in [2.45, 2.75) is 31.4 Å². The van der Waals surface area contributed by atoms with Crippen molar-refractivity contribution in [1.82, 2.24) is 24.5 Å². The molecule has 0 radical (unpaired) electrons. The zero-order valence-corrected chi connectivity index (χ0v) is 17.3. The number of likely N-dealkylation sites (tertiary alicyclic amines) is 1. The molecule has 32 heavy (non-hydrogen) atoms. The van der Waals surface area contributed by atoms with Gasteiger partial charge in [0.1, 0.15) is 0 Å². The van der Waals surface area contributed by atoms with Crippen LogP contribution in [0.1, 0.15) is 46.1 Å². The smallest absolute Gasteiger partial charge is 0.335 e. The second-order valence-corrected chi connectivity index (χ2v) is 8.66. The molecule has 1 aromatic carbocycles. The molecule has 2 aliphatic rings. The summed E-state index contributed by atoms with van der Waals surface area (Å²) in [4.78, 5) is 23.2. The summed E-state index contributed by atoms with van der Waals surface area (Å²) in [6.07, 6.45) is 1.02. The van der Waals surface area contributed by atoms with E-state index in [0.717, 1.165) is 11.6 Å². The maximum absolute atomic E-state index is 13.4. The molecule has 3 atom stereocenters. The summed E-state index contributed by atoms with van der Waals surface area (Å²) in [5.41, 5.74) is 6.30. The first-order valence-corrected chi connectivity index (χ1v) is 10.7. The number of halogens is 3. The van der Waals surface area contributed by atoms with Gasteiger partial charge in [-0.3, -0.25) is 4.79 Å². The standard InChI is InChI=1S/C22H23F3N6O/c23-22(24,25)18-4-2-1-3-17(18)14-7-15-11-30(12-16(15)8-14)20(32)19-28-21-27-9-13(5-6-26)10-31(21)29-19/h1-4,9-10,14-16H,5-8,11-12,26H2/t14-,15-,16+. The van der Waals surface area contributed by atoms with E-state index < -0.39 is 11.7 Å². The van der Waals surface area contributed by atoms with Crippen molar-refractivity contribution in [2.75, 3.05) is 19.6 Å². The number of alkyl halides is 3. The summed E-state index contributed by atoms with van der Waals surface area (Å²) in [6, 6.07) is 5.83. The molecule has 1 saturated carbocycles. The minimum atomic E-state index is -4.36. The highest BCUT2D eigenvalue weighted by Gasteiger charge is 2.45. The molecule has 0 spiro atoms. The Bertz CT molecular complexity index is 1150. The first kappa shape index (κ1) is 20.9. The average Bonchev–Trinajstić information content (AvgIpc) is 3.45. The van der Waals surface area contributed by atoms with Crippen LogP contribution in [0.3, 0.4) is 0 Å². The van der Waals surface area contributed by atoms with Crippen molar-refractivity contribution < 1.29 is 18.0 Å². The van der Waals surface area contributed by atoms with Gasteiger partial charge < -0.3 is 10.6 Å². The van der Waals surface area contributed by atoms with E-state index in [0.29, 0.717) is 50.2 Å². The molecule has 10 heteroatoms. The molecule has 1 aliphatic carbocycles. The van der Waals surface area contributed by atoms with Gasteiger partial charge in [0.15, 0.2) is 0 Å². The van der Waals surface area contributed by atoms with Gasteiger partial charge in [-0.25, -0.2) is 9.50 Å². The zero-order chi connectivity index (χ0) is 22.5. The van der Waals surface area contributed by atoms with Crippen molar-refractivity contribution in [3.05, 3.63) is 59.2 Å². The summed E-state index contributed by atoms with van der Waals surface area (Å²) in [5.74, 6) is 0.378. The zero-order valence-electron chi connectivity index (χ0n) is 17.3. The van der Waals surface area contributed by atoms with Crippen molar-refractivity contribution >= 4 is 11.7 Å². The molecule has 2 aromatic heterocycles. The van der Waals surface area contributed by atoms with Crippen LogP contribution in [0, 0.1) is 11.8 Å². The molecular formula is C22H23F3N6O. The lowest BCUT2D eigenvalue weighted by Gasteiger charge is -2.21. The fraction of sp³-hybridized carbons (Fsp3) is 0.455. The Kier molecular flexibility index (Phi) is 5.11. The third kappa shape index (κ3) is 3.72. The van der Waals surface area contributed by atoms with E-state index in [4.69, 9.17) is 5.73 Å². The van der Waals surface area contributed by atoms with Gasteiger partial charge in [-0.2, -0.15) is 18.2 Å². The van der Waals surface area contributed by atoms with Crippen LogP contribution in [0.15, 0.2) is 36.7 Å². The van der Waals surface area contributed by atoms with E-state index in [9.17, 15) is 18.0 Å². The minimum absolute atomic E-state index is 0.0846. The van der Waals surface area contributed by atoms with Gasteiger partial charge in [0.05, 0.1) is 5.56 Å². The van der Waals surface area contributed by atoms with Crippen LogP contribution in [0.25, 0.3) is 5.78 Å². The second kappa shape index (κ2) is 7.84. The van der Waals surface area contributed by atoms with Crippen LogP contribution < -0.4 is 5.73 Å². The lowest BCUT2D eigenvalue weighted by molar-refractivity contribution is -0.138. The van der Waals surface area contributed by atoms with Gasteiger partial charge in [-0.05, 0) is 60.8 Å². The predicted molar refractivity (Wildman–Crippen MR) is 110 cm³/mol. The molecule has 1 aliphatic heterocycles. The van der Waals surface area contributed by atoms with Gasteiger partial charge in [0, 0.05) is 25.5 Å². The molecule has 7 nitrogen and oxygen atoms in total. The van der Waals surface area contributed by atoms with Gasteiger partial charge in [0.2, 0.25) is 5.82 Å². The quantitative estimate of drug-likeness (QED) is 0.669. The third-order valence-corrected chi connectivity index (χ3v) is 6.62. The maximum Gasteiger partial charge on any atom is 0.416 e. The number of carbonyl (C=O) groups excluding carboxylic acids is 1. The van der Waals surface area contributed by atoms with Crippen LogP contribution in [0.2, 0.25) is 0 Å². The van der Waals surface area contributed by atoms with Crippen LogP contribution in [0.4, 0.5) is 13.2 Å². The molecule has 1 saturated heterocycles. The lowest BCUT2D eigenvalue weighted by Crippen LogP contribution is -2.30. The molecule has 0 bridgehead atoms. The lowest BCUT2D eigenvalue weighted by atomic mass is 9.91. The number of fused-ring (bicyclic) bond motifs is 2. The van der Waals surface area contributed by atoms with Crippen LogP contribution in [0.5, 0.6) is 0 Å². The molecule has 1 amide bonds. The summed E-state index contributed by atoms with van der Waals surface area (Å²) in [6.45, 7) is 1.50. The molecule has 2 fully saturated rings. The molecule has 0 unspecified atom stereocenters. The van der Waals surface area contributed by atoms with E-state index in [2.05, 4.69) is 15.1 Å². The van der Waals surface area contributed by atoms with E-state index in [1.54, 1.807) is 29.4 Å². The normalized spacial score (nSPS) is 23.1. The van der Waals surface area contributed by atoms with Crippen molar-refractivity contribution in [2.24, 2.45) is 17.6 Å². The highest BCUT2D eigenvalue weighted by atomic mass is 19.4. The van der Waals surface area contributed by atoms with Gasteiger partial charge in [0.25, 0.3) is 11.7 Å². The van der Waals surface area contributed by atoms with E-state index >= 15 is 0 Å². The molecule has 168 valence electrons. The van der Waals surface area contributed by atoms with Crippen LogP contribution in [-0.2, 0) is 12.6 Å². The number of amides is 1. The Balaban J connectivity index is 1.29. The van der Waals surface area contributed by atoms with Gasteiger partial charge >= 0.3 is 6.18 Å². The van der Waals surface area contributed by atoms with Crippen LogP contribution >= 0.6 is 0 Å². The number of carbonyl (C=O) groups is 1. The number of hydrogen-bond donors (Lipinski definition) is 1. The van der Waals surface area contributed by atoms with Gasteiger partial charge in [-0.15, -0.1) is 5.10 Å². The predicted octanol–water partition coefficient (Wildman–Crippen LogP) is 2.91. The molecular weight excluding hydrogens is 421 g/mol. The van der Waals surface area contributed by atoms with E-state index in [-0.39, 0.29) is 29.5 Å². The summed E-state index contributed by atoms with van der Waals surface area (Å²) in [5, 5.41) is 4.28. The Morgan fingerprint density at radius 3 is 2.56 bits per heavy atom. The Labute approximate surface area is 182 Å². The number of benzene rings is 1. The summed E-state index contributed by atoms with van der Waals surface area (Å²) in [7, 11) is 0. The number of nitrogens with two attached hydrogens (primary N) is 1. The van der Waals surface area contributed by atoms with Gasteiger partial charge in [-0.1, -0.05) is 18.2 Å². The number of aromatic nitrogens is 4. The highest BCUT2D eigenvalue weighted by Crippen LogP contribution is 2.48. The van der Waals surface area contributed by atoms with E-state index in [1.807, 2.05) is 0 Å². The van der Waals surface area contributed by atoms with Crippen LogP contribution in [-0.4, -0.2) is 50.0 Å². The fourth-order valence-electron chi connectivity index (χ4n) is 5.18. The topological polar surface area (TPSA) is 89.4 Å². The fourth-order valence-corrected chi connectivity index (χ4v) is 5.18.